The molecule has 3 aromatic carbocycles. The van der Waals surface area contributed by atoms with Crippen molar-refractivity contribution in [2.75, 3.05) is 11.9 Å². The van der Waals surface area contributed by atoms with Gasteiger partial charge in [0.15, 0.2) is 0 Å². The average molecular weight is 461 g/mol. The molecule has 1 unspecified atom stereocenters. The van der Waals surface area contributed by atoms with Crippen LogP contribution < -0.4 is 5.32 Å². The highest BCUT2D eigenvalue weighted by Gasteiger charge is 2.39. The van der Waals surface area contributed by atoms with Gasteiger partial charge in [-0.15, -0.1) is 0 Å². The monoisotopic (exact) mass is 460 g/mol. The van der Waals surface area contributed by atoms with E-state index in [1.807, 2.05) is 49.4 Å². The van der Waals surface area contributed by atoms with Crippen LogP contribution in [0.3, 0.4) is 0 Å². The Labute approximate surface area is 192 Å². The van der Waals surface area contributed by atoms with Gasteiger partial charge in [-0.3, -0.25) is 4.79 Å². The largest absolute Gasteiger partial charge is 0.338 e. The zero-order chi connectivity index (χ0) is 23.0. The van der Waals surface area contributed by atoms with E-state index in [-0.39, 0.29) is 10.8 Å². The molecule has 33 heavy (non-hydrogen) atoms. The third-order valence-corrected chi connectivity index (χ3v) is 7.85. The van der Waals surface area contributed by atoms with E-state index in [1.165, 1.54) is 4.31 Å². The normalized spacial score (nSPS) is 16.8. The van der Waals surface area contributed by atoms with Gasteiger partial charge >= 0.3 is 0 Å². The summed E-state index contributed by atoms with van der Waals surface area (Å²) in [6.45, 7) is 2.23. The van der Waals surface area contributed by atoms with Gasteiger partial charge in [0, 0.05) is 17.8 Å². The minimum Gasteiger partial charge on any atom is -0.338 e. The number of aromatic nitrogens is 2. The molecule has 1 fully saturated rings. The molecule has 7 nitrogen and oxygen atoms in total. The first-order valence-electron chi connectivity index (χ1n) is 10.9. The summed E-state index contributed by atoms with van der Waals surface area (Å²) in [4.78, 5) is 21.2. The summed E-state index contributed by atoms with van der Waals surface area (Å²) in [5, 5.41) is 2.90. The number of aromatic amines is 1. The summed E-state index contributed by atoms with van der Waals surface area (Å²) in [6.07, 6.45) is 1.13. The summed E-state index contributed by atoms with van der Waals surface area (Å²) in [6, 6.07) is 21.1. The number of imidazole rings is 1. The van der Waals surface area contributed by atoms with Gasteiger partial charge in [-0.1, -0.05) is 42.0 Å². The van der Waals surface area contributed by atoms with Crippen LogP contribution in [0.2, 0.25) is 0 Å². The minimum atomic E-state index is -3.75. The van der Waals surface area contributed by atoms with E-state index in [4.69, 9.17) is 0 Å². The third-order valence-electron chi connectivity index (χ3n) is 5.93. The van der Waals surface area contributed by atoms with Crippen LogP contribution in [-0.4, -0.2) is 41.2 Å². The molecule has 1 aliphatic heterocycles. The number of nitrogens with one attached hydrogen (secondary N) is 2. The van der Waals surface area contributed by atoms with Crippen molar-refractivity contribution in [3.63, 3.8) is 0 Å². The summed E-state index contributed by atoms with van der Waals surface area (Å²) >= 11 is 0. The zero-order valence-electron chi connectivity index (χ0n) is 18.2. The van der Waals surface area contributed by atoms with Crippen molar-refractivity contribution in [1.82, 2.24) is 14.3 Å². The van der Waals surface area contributed by atoms with Crippen LogP contribution in [0.4, 0.5) is 5.69 Å². The number of fused-ring (bicyclic) bond motifs is 1. The molecule has 1 aliphatic rings. The molecule has 1 atom stereocenters. The Bertz CT molecular complexity index is 1390. The van der Waals surface area contributed by atoms with Gasteiger partial charge < -0.3 is 10.3 Å². The number of H-pyrrole nitrogens is 1. The molecule has 2 heterocycles. The number of amides is 1. The first kappa shape index (κ1) is 21.4. The number of aryl methyl sites for hydroxylation is 1. The van der Waals surface area contributed by atoms with E-state index in [1.54, 1.807) is 30.3 Å². The molecular formula is C25H24N4O3S. The maximum atomic E-state index is 13.2. The van der Waals surface area contributed by atoms with Crippen LogP contribution in [-0.2, 0) is 14.8 Å². The lowest BCUT2D eigenvalue weighted by Gasteiger charge is -2.23. The van der Waals surface area contributed by atoms with Crippen LogP contribution >= 0.6 is 0 Å². The van der Waals surface area contributed by atoms with E-state index >= 15 is 0 Å². The van der Waals surface area contributed by atoms with Crippen molar-refractivity contribution in [3.8, 4) is 11.4 Å². The standard InChI is InChI=1S/C25H24N4O3S/c1-17-11-13-20(14-12-17)33(31,32)29-15-5-10-23(29)25(30)26-19-7-4-6-18(16-19)24-27-21-8-2-3-9-22(21)28-24/h2-4,6-9,11-14,16,23H,5,10,15H2,1H3,(H,26,30)(H,27,28). The van der Waals surface area contributed by atoms with Gasteiger partial charge in [0.25, 0.3) is 0 Å². The average Bonchev–Trinajstić information content (AvgIpc) is 3.47. The number of para-hydroxylation sites is 2. The number of sulfonamides is 1. The molecule has 8 heteroatoms. The SMILES string of the molecule is Cc1ccc(S(=O)(=O)N2CCCC2C(=O)Nc2cccc(-c3nc4ccccc4[nH]3)c2)cc1. The van der Waals surface area contributed by atoms with E-state index < -0.39 is 16.1 Å². The van der Waals surface area contributed by atoms with Crippen molar-refractivity contribution >= 4 is 32.7 Å². The fraction of sp³-hybridized carbons (Fsp3) is 0.200. The molecule has 168 valence electrons. The quantitative estimate of drug-likeness (QED) is 0.463. The van der Waals surface area contributed by atoms with E-state index in [0.717, 1.165) is 22.2 Å². The fourth-order valence-electron chi connectivity index (χ4n) is 4.19. The molecule has 1 saturated heterocycles. The van der Waals surface area contributed by atoms with Gasteiger partial charge in [-0.25, -0.2) is 13.4 Å². The lowest BCUT2D eigenvalue weighted by molar-refractivity contribution is -0.119. The number of nitrogens with zero attached hydrogens (tertiary/aromatic N) is 2. The number of carbonyl (C=O) groups excluding carboxylic acids is 1. The van der Waals surface area contributed by atoms with E-state index in [2.05, 4.69) is 15.3 Å². The molecule has 0 aliphatic carbocycles. The molecule has 0 bridgehead atoms. The Kier molecular flexibility index (Phi) is 5.47. The van der Waals surface area contributed by atoms with Gasteiger partial charge in [0.05, 0.1) is 15.9 Å². The Morgan fingerprint density at radius 1 is 1.06 bits per heavy atom. The van der Waals surface area contributed by atoms with Gasteiger partial charge in [0.2, 0.25) is 15.9 Å². The molecule has 1 aromatic heterocycles. The third kappa shape index (κ3) is 4.15. The van der Waals surface area contributed by atoms with Crippen LogP contribution in [0.25, 0.3) is 22.4 Å². The summed E-state index contributed by atoms with van der Waals surface area (Å²) in [7, 11) is -3.75. The van der Waals surface area contributed by atoms with E-state index in [9.17, 15) is 13.2 Å². The van der Waals surface area contributed by atoms with Gasteiger partial charge in [-0.2, -0.15) is 4.31 Å². The van der Waals surface area contributed by atoms with Crippen molar-refractivity contribution in [2.24, 2.45) is 0 Å². The van der Waals surface area contributed by atoms with Crippen LogP contribution in [0, 0.1) is 6.92 Å². The number of hydrogen-bond donors (Lipinski definition) is 2. The molecule has 0 radical (unpaired) electrons. The topological polar surface area (TPSA) is 95.2 Å². The molecule has 1 amide bonds. The Balaban J connectivity index is 1.37. The number of rotatable bonds is 5. The summed E-state index contributed by atoms with van der Waals surface area (Å²) in [5.74, 6) is 0.377. The second-order valence-electron chi connectivity index (χ2n) is 8.26. The number of hydrogen-bond acceptors (Lipinski definition) is 4. The number of benzene rings is 3. The molecule has 0 spiro atoms. The van der Waals surface area contributed by atoms with Crippen molar-refractivity contribution in [1.29, 1.82) is 0 Å². The Morgan fingerprint density at radius 3 is 2.64 bits per heavy atom. The second-order valence-corrected chi connectivity index (χ2v) is 10.2. The van der Waals surface area contributed by atoms with E-state index in [0.29, 0.717) is 30.9 Å². The molecule has 0 saturated carbocycles. The van der Waals surface area contributed by atoms with Crippen LogP contribution in [0.1, 0.15) is 18.4 Å². The Hall–Kier alpha value is -3.49. The van der Waals surface area contributed by atoms with Crippen molar-refractivity contribution in [2.45, 2.75) is 30.7 Å². The maximum absolute atomic E-state index is 13.2. The number of carbonyl (C=O) groups is 1. The highest BCUT2D eigenvalue weighted by Crippen LogP contribution is 2.28. The predicted octanol–water partition coefficient (Wildman–Crippen LogP) is 4.33. The van der Waals surface area contributed by atoms with Crippen molar-refractivity contribution < 1.29 is 13.2 Å². The predicted molar refractivity (Wildman–Crippen MR) is 128 cm³/mol. The highest BCUT2D eigenvalue weighted by molar-refractivity contribution is 7.89. The van der Waals surface area contributed by atoms with Gasteiger partial charge in [-0.05, 0) is 56.2 Å². The molecule has 5 rings (SSSR count). The molecule has 2 N–H and O–H groups in total. The molecule has 4 aromatic rings. The zero-order valence-corrected chi connectivity index (χ0v) is 19.0. The lowest BCUT2D eigenvalue weighted by Crippen LogP contribution is -2.43. The second kappa shape index (κ2) is 8.46. The summed E-state index contributed by atoms with van der Waals surface area (Å²) in [5.41, 5.74) is 4.21. The maximum Gasteiger partial charge on any atom is 0.243 e. The Morgan fingerprint density at radius 2 is 1.85 bits per heavy atom. The molecular weight excluding hydrogens is 436 g/mol. The van der Waals surface area contributed by atoms with Gasteiger partial charge in [0.1, 0.15) is 11.9 Å². The lowest BCUT2D eigenvalue weighted by atomic mass is 10.1. The fourth-order valence-corrected chi connectivity index (χ4v) is 5.85. The first-order valence-corrected chi connectivity index (χ1v) is 12.3. The number of anilines is 1. The first-order chi connectivity index (χ1) is 15.9. The van der Waals surface area contributed by atoms with Crippen LogP contribution in [0.5, 0.6) is 0 Å². The minimum absolute atomic E-state index is 0.208. The summed E-state index contributed by atoms with van der Waals surface area (Å²) < 4.78 is 27.7. The highest BCUT2D eigenvalue weighted by atomic mass is 32.2. The van der Waals surface area contributed by atoms with Crippen molar-refractivity contribution in [3.05, 3.63) is 78.4 Å². The smallest absolute Gasteiger partial charge is 0.243 e. The van der Waals surface area contributed by atoms with Crippen LogP contribution in [0.15, 0.2) is 77.7 Å².